The second kappa shape index (κ2) is 6.05. The predicted octanol–water partition coefficient (Wildman–Crippen LogP) is 2.02. The van der Waals surface area contributed by atoms with Crippen molar-refractivity contribution in [2.24, 2.45) is 5.92 Å². The van der Waals surface area contributed by atoms with Gasteiger partial charge >= 0.3 is 12.1 Å². The molecule has 1 saturated heterocycles. The SMILES string of the molecule is O=C1OCC(CCOC(=O)c2ccccc2)CO1. The van der Waals surface area contributed by atoms with Crippen LogP contribution in [0, 0.1) is 5.92 Å². The Labute approximate surface area is 105 Å². The van der Waals surface area contributed by atoms with Gasteiger partial charge in [-0.25, -0.2) is 9.59 Å². The summed E-state index contributed by atoms with van der Waals surface area (Å²) in [5, 5.41) is 0. The number of ether oxygens (including phenoxy) is 3. The third kappa shape index (κ3) is 3.48. The summed E-state index contributed by atoms with van der Waals surface area (Å²) in [7, 11) is 0. The van der Waals surface area contributed by atoms with Gasteiger partial charge < -0.3 is 14.2 Å². The lowest BCUT2D eigenvalue weighted by molar-refractivity contribution is -0.0200. The van der Waals surface area contributed by atoms with Crippen molar-refractivity contribution in [3.8, 4) is 0 Å². The van der Waals surface area contributed by atoms with Gasteiger partial charge in [0.2, 0.25) is 0 Å². The average molecular weight is 250 g/mol. The quantitative estimate of drug-likeness (QED) is 0.765. The van der Waals surface area contributed by atoms with Crippen molar-refractivity contribution >= 4 is 12.1 Å². The summed E-state index contributed by atoms with van der Waals surface area (Å²) in [5.41, 5.74) is 0.531. The molecule has 0 atom stereocenters. The molecule has 0 N–H and O–H groups in total. The van der Waals surface area contributed by atoms with Gasteiger partial charge in [-0.3, -0.25) is 0 Å². The Kier molecular flexibility index (Phi) is 4.17. The molecule has 0 aliphatic carbocycles. The highest BCUT2D eigenvalue weighted by Gasteiger charge is 2.21. The highest BCUT2D eigenvalue weighted by atomic mass is 16.7. The van der Waals surface area contributed by atoms with Gasteiger partial charge in [-0.15, -0.1) is 0 Å². The van der Waals surface area contributed by atoms with Crippen LogP contribution in [0.3, 0.4) is 0 Å². The molecule has 5 heteroatoms. The molecule has 5 nitrogen and oxygen atoms in total. The smallest absolute Gasteiger partial charge is 0.462 e. The Morgan fingerprint density at radius 3 is 2.56 bits per heavy atom. The Morgan fingerprint density at radius 1 is 1.22 bits per heavy atom. The molecule has 2 rings (SSSR count). The number of hydrogen-bond acceptors (Lipinski definition) is 5. The maximum atomic E-state index is 11.6. The molecule has 0 unspecified atom stereocenters. The second-order valence-electron chi connectivity index (χ2n) is 4.03. The van der Waals surface area contributed by atoms with Crippen LogP contribution in [0.25, 0.3) is 0 Å². The van der Waals surface area contributed by atoms with Gasteiger partial charge in [0.05, 0.1) is 12.2 Å². The van der Waals surface area contributed by atoms with Crippen LogP contribution in [-0.4, -0.2) is 31.9 Å². The Balaban J connectivity index is 1.69. The minimum atomic E-state index is -0.632. The van der Waals surface area contributed by atoms with E-state index < -0.39 is 6.16 Å². The zero-order valence-electron chi connectivity index (χ0n) is 9.83. The van der Waals surface area contributed by atoms with Crippen LogP contribution >= 0.6 is 0 Å². The summed E-state index contributed by atoms with van der Waals surface area (Å²) in [6.45, 7) is 0.933. The van der Waals surface area contributed by atoms with Gasteiger partial charge in [-0.05, 0) is 18.6 Å². The molecule has 1 aliphatic rings. The third-order valence-corrected chi connectivity index (χ3v) is 2.64. The van der Waals surface area contributed by atoms with Gasteiger partial charge in [-0.2, -0.15) is 0 Å². The van der Waals surface area contributed by atoms with Gasteiger partial charge in [0, 0.05) is 5.92 Å². The highest BCUT2D eigenvalue weighted by molar-refractivity contribution is 5.89. The van der Waals surface area contributed by atoms with E-state index >= 15 is 0 Å². The van der Waals surface area contributed by atoms with Crippen LogP contribution in [0.5, 0.6) is 0 Å². The van der Waals surface area contributed by atoms with E-state index in [1.165, 1.54) is 0 Å². The van der Waals surface area contributed by atoms with E-state index in [4.69, 9.17) is 14.2 Å². The first-order valence-corrected chi connectivity index (χ1v) is 5.77. The normalized spacial score (nSPS) is 15.7. The van der Waals surface area contributed by atoms with E-state index in [2.05, 4.69) is 0 Å². The standard InChI is InChI=1S/C13H14O5/c14-12(11-4-2-1-3-5-11)16-7-6-10-8-17-13(15)18-9-10/h1-5,10H,6-9H2. The fraction of sp³-hybridized carbons (Fsp3) is 0.385. The molecule has 0 radical (unpaired) electrons. The molecule has 0 bridgehead atoms. The molecule has 0 amide bonds. The van der Waals surface area contributed by atoms with E-state index in [0.717, 1.165) is 0 Å². The first-order valence-electron chi connectivity index (χ1n) is 5.77. The summed E-state index contributed by atoms with van der Waals surface area (Å²) >= 11 is 0. The maximum Gasteiger partial charge on any atom is 0.508 e. The first-order chi connectivity index (χ1) is 8.75. The maximum absolute atomic E-state index is 11.6. The number of esters is 1. The number of carbonyl (C=O) groups excluding carboxylic acids is 2. The zero-order chi connectivity index (χ0) is 12.8. The van der Waals surface area contributed by atoms with Crippen molar-refractivity contribution < 1.29 is 23.8 Å². The summed E-state index contributed by atoms with van der Waals surface area (Å²) in [6, 6.07) is 8.81. The Bertz CT molecular complexity index is 405. The number of rotatable bonds is 4. The molecule has 1 heterocycles. The fourth-order valence-electron chi connectivity index (χ4n) is 1.60. The van der Waals surface area contributed by atoms with E-state index in [1.807, 2.05) is 6.07 Å². The predicted molar refractivity (Wildman–Crippen MR) is 62.1 cm³/mol. The largest absolute Gasteiger partial charge is 0.508 e. The summed E-state index contributed by atoms with van der Waals surface area (Å²) in [5.74, 6) is -0.254. The van der Waals surface area contributed by atoms with Gasteiger partial charge in [0.25, 0.3) is 0 Å². The number of carbonyl (C=O) groups is 2. The minimum absolute atomic E-state index is 0.0891. The first kappa shape index (κ1) is 12.4. The van der Waals surface area contributed by atoms with E-state index in [0.29, 0.717) is 31.8 Å². The summed E-state index contributed by atoms with van der Waals surface area (Å²) in [4.78, 5) is 22.2. The van der Waals surface area contributed by atoms with Crippen LogP contribution in [0.15, 0.2) is 30.3 Å². The van der Waals surface area contributed by atoms with Crippen LogP contribution in [-0.2, 0) is 14.2 Å². The topological polar surface area (TPSA) is 61.8 Å². The number of hydrogen-bond donors (Lipinski definition) is 0. The summed E-state index contributed by atoms with van der Waals surface area (Å²) < 4.78 is 14.6. The number of benzene rings is 1. The van der Waals surface area contributed by atoms with Crippen LogP contribution in [0.1, 0.15) is 16.8 Å². The molecular formula is C13H14O5. The minimum Gasteiger partial charge on any atom is -0.462 e. The van der Waals surface area contributed by atoms with Crippen molar-refractivity contribution in [3.63, 3.8) is 0 Å². The third-order valence-electron chi connectivity index (χ3n) is 2.64. The monoisotopic (exact) mass is 250 g/mol. The molecule has 96 valence electrons. The lowest BCUT2D eigenvalue weighted by atomic mass is 10.1. The van der Waals surface area contributed by atoms with E-state index in [1.54, 1.807) is 24.3 Å². The number of cyclic esters (lactones) is 2. The molecule has 0 aromatic heterocycles. The Morgan fingerprint density at radius 2 is 1.89 bits per heavy atom. The van der Waals surface area contributed by atoms with Crippen molar-refractivity contribution in [1.82, 2.24) is 0 Å². The van der Waals surface area contributed by atoms with E-state index in [-0.39, 0.29) is 11.9 Å². The molecule has 0 saturated carbocycles. The fourth-order valence-corrected chi connectivity index (χ4v) is 1.60. The Hall–Kier alpha value is -2.04. The van der Waals surface area contributed by atoms with Crippen LogP contribution in [0.4, 0.5) is 4.79 Å². The summed E-state index contributed by atoms with van der Waals surface area (Å²) in [6.07, 6.45) is -0.0150. The highest BCUT2D eigenvalue weighted by Crippen LogP contribution is 2.12. The molecule has 18 heavy (non-hydrogen) atoms. The zero-order valence-corrected chi connectivity index (χ0v) is 9.83. The van der Waals surface area contributed by atoms with Crippen LogP contribution in [0.2, 0.25) is 0 Å². The van der Waals surface area contributed by atoms with E-state index in [9.17, 15) is 9.59 Å². The molecule has 0 spiro atoms. The van der Waals surface area contributed by atoms with Gasteiger partial charge in [0.15, 0.2) is 0 Å². The van der Waals surface area contributed by atoms with Crippen molar-refractivity contribution in [2.75, 3.05) is 19.8 Å². The molecule has 1 aromatic carbocycles. The van der Waals surface area contributed by atoms with Crippen LogP contribution < -0.4 is 0 Å². The van der Waals surface area contributed by atoms with Gasteiger partial charge in [0.1, 0.15) is 13.2 Å². The van der Waals surface area contributed by atoms with Crippen molar-refractivity contribution in [2.45, 2.75) is 6.42 Å². The molecule has 1 aromatic rings. The molecule has 1 aliphatic heterocycles. The second-order valence-corrected chi connectivity index (χ2v) is 4.03. The van der Waals surface area contributed by atoms with Crippen molar-refractivity contribution in [3.05, 3.63) is 35.9 Å². The molecule has 1 fully saturated rings. The molecular weight excluding hydrogens is 236 g/mol. The van der Waals surface area contributed by atoms with Gasteiger partial charge in [-0.1, -0.05) is 18.2 Å². The lowest BCUT2D eigenvalue weighted by Gasteiger charge is -2.21. The lowest BCUT2D eigenvalue weighted by Crippen LogP contribution is -2.28. The average Bonchev–Trinajstić information content (AvgIpc) is 2.42. The van der Waals surface area contributed by atoms with Crippen molar-refractivity contribution in [1.29, 1.82) is 0 Å².